The Kier molecular flexibility index (Phi) is 9.21. The zero-order chi connectivity index (χ0) is 30.3. The second-order valence-electron chi connectivity index (χ2n) is 10.2. The molecule has 11 heteroatoms. The standard InChI is InChI=1S/C32H33FN4O6/c1-40-23-5-3-4-21(14-23)18-37(32(39)31(34)38)22-6-7-28(25(33)15-22)43-27-10-13-36-26-17-30(29(41-2)16-24(26)27)42-19-20-8-11-35-12-9-20/h3-7,10,13-17,20,35H,8-9,11-12,18-19H2,1-2H3,(H2,34,38). The van der Waals surface area contributed by atoms with Gasteiger partial charge in [0.2, 0.25) is 0 Å². The molecule has 1 aromatic heterocycles. The zero-order valence-electron chi connectivity index (χ0n) is 24.0. The van der Waals surface area contributed by atoms with Crippen LogP contribution in [0.5, 0.6) is 28.7 Å². The Balaban J connectivity index is 1.39. The molecule has 0 aliphatic carbocycles. The first-order valence-corrected chi connectivity index (χ1v) is 13.9. The molecule has 0 saturated carbocycles. The number of anilines is 1. The number of aromatic nitrogens is 1. The highest BCUT2D eigenvalue weighted by Crippen LogP contribution is 2.38. The van der Waals surface area contributed by atoms with Crippen LogP contribution in [0.2, 0.25) is 0 Å². The van der Waals surface area contributed by atoms with Crippen molar-refractivity contribution >= 4 is 28.4 Å². The first-order valence-electron chi connectivity index (χ1n) is 13.9. The van der Waals surface area contributed by atoms with Crippen molar-refractivity contribution < 1.29 is 32.9 Å². The van der Waals surface area contributed by atoms with E-state index < -0.39 is 17.6 Å². The zero-order valence-corrected chi connectivity index (χ0v) is 24.0. The van der Waals surface area contributed by atoms with Crippen LogP contribution < -0.4 is 34.9 Å². The highest BCUT2D eigenvalue weighted by molar-refractivity contribution is 6.39. The maximum absolute atomic E-state index is 15.4. The highest BCUT2D eigenvalue weighted by Gasteiger charge is 2.23. The molecular formula is C32H33FN4O6. The molecule has 5 rings (SSSR count). The van der Waals surface area contributed by atoms with Gasteiger partial charge in [-0.05, 0) is 73.8 Å². The summed E-state index contributed by atoms with van der Waals surface area (Å²) < 4.78 is 38.4. The van der Waals surface area contributed by atoms with E-state index in [2.05, 4.69) is 10.3 Å². The number of carbonyl (C=O) groups is 2. The topological polar surface area (TPSA) is 125 Å². The van der Waals surface area contributed by atoms with Crippen LogP contribution in [-0.2, 0) is 16.1 Å². The van der Waals surface area contributed by atoms with Crippen molar-refractivity contribution in [2.45, 2.75) is 19.4 Å². The van der Waals surface area contributed by atoms with Crippen LogP contribution in [0.1, 0.15) is 18.4 Å². The summed E-state index contributed by atoms with van der Waals surface area (Å²) in [6.07, 6.45) is 3.66. The SMILES string of the molecule is COc1cccc(CN(C(=O)C(N)=O)c2ccc(Oc3ccnc4cc(OCC5CCNCC5)c(OC)cc34)c(F)c2)c1. The number of pyridine rings is 1. The van der Waals surface area contributed by atoms with Gasteiger partial charge in [-0.15, -0.1) is 0 Å². The molecule has 0 spiro atoms. The Morgan fingerprint density at radius 1 is 0.977 bits per heavy atom. The predicted molar refractivity (Wildman–Crippen MR) is 159 cm³/mol. The fourth-order valence-electron chi connectivity index (χ4n) is 4.97. The molecule has 10 nitrogen and oxygen atoms in total. The van der Waals surface area contributed by atoms with E-state index in [9.17, 15) is 9.59 Å². The van der Waals surface area contributed by atoms with E-state index in [1.165, 1.54) is 19.2 Å². The Labute approximate surface area is 248 Å². The number of methoxy groups -OCH3 is 2. The number of carbonyl (C=O) groups excluding carboxylic acids is 2. The molecule has 4 aromatic rings. The lowest BCUT2D eigenvalue weighted by Gasteiger charge is -2.23. The van der Waals surface area contributed by atoms with Gasteiger partial charge in [0.1, 0.15) is 11.5 Å². The van der Waals surface area contributed by atoms with Gasteiger partial charge >= 0.3 is 11.8 Å². The van der Waals surface area contributed by atoms with E-state index in [1.807, 2.05) is 0 Å². The van der Waals surface area contributed by atoms with E-state index in [1.54, 1.807) is 55.8 Å². The summed E-state index contributed by atoms with van der Waals surface area (Å²) in [4.78, 5) is 30.0. The lowest BCUT2D eigenvalue weighted by Crippen LogP contribution is -2.40. The van der Waals surface area contributed by atoms with Crippen LogP contribution in [0.4, 0.5) is 10.1 Å². The molecule has 1 fully saturated rings. The van der Waals surface area contributed by atoms with Crippen LogP contribution in [0.15, 0.2) is 66.9 Å². The molecular weight excluding hydrogens is 555 g/mol. The molecule has 1 aliphatic heterocycles. The number of nitrogens with two attached hydrogens (primary N) is 1. The minimum Gasteiger partial charge on any atom is -0.497 e. The summed E-state index contributed by atoms with van der Waals surface area (Å²) in [6.45, 7) is 2.49. The van der Waals surface area contributed by atoms with Gasteiger partial charge in [-0.1, -0.05) is 12.1 Å². The largest absolute Gasteiger partial charge is 0.497 e. The smallest absolute Gasteiger partial charge is 0.316 e. The molecule has 0 atom stereocenters. The van der Waals surface area contributed by atoms with Crippen molar-refractivity contribution in [3.8, 4) is 28.7 Å². The monoisotopic (exact) mass is 588 g/mol. The second kappa shape index (κ2) is 13.4. The van der Waals surface area contributed by atoms with Crippen molar-refractivity contribution in [3.05, 3.63) is 78.2 Å². The molecule has 2 heterocycles. The number of rotatable bonds is 10. The number of hydrogen-bond acceptors (Lipinski definition) is 8. The van der Waals surface area contributed by atoms with Crippen molar-refractivity contribution in [2.24, 2.45) is 11.7 Å². The average Bonchev–Trinajstić information content (AvgIpc) is 3.03. The molecule has 1 saturated heterocycles. The fourth-order valence-corrected chi connectivity index (χ4v) is 4.97. The molecule has 0 bridgehead atoms. The summed E-state index contributed by atoms with van der Waals surface area (Å²) in [5.41, 5.74) is 6.68. The summed E-state index contributed by atoms with van der Waals surface area (Å²) in [7, 11) is 3.07. The van der Waals surface area contributed by atoms with Gasteiger partial charge in [0.25, 0.3) is 0 Å². The molecule has 0 unspecified atom stereocenters. The highest BCUT2D eigenvalue weighted by atomic mass is 19.1. The molecule has 224 valence electrons. The number of fused-ring (bicyclic) bond motifs is 1. The number of piperidine rings is 1. The first kappa shape index (κ1) is 29.6. The van der Waals surface area contributed by atoms with Gasteiger partial charge in [-0.2, -0.15) is 0 Å². The normalized spacial score (nSPS) is 13.4. The van der Waals surface area contributed by atoms with Crippen molar-refractivity contribution in [1.82, 2.24) is 10.3 Å². The van der Waals surface area contributed by atoms with Gasteiger partial charge in [0.05, 0.1) is 32.9 Å². The third kappa shape index (κ3) is 6.95. The molecule has 2 amide bonds. The van der Waals surface area contributed by atoms with Gasteiger partial charge in [0.15, 0.2) is 23.1 Å². The summed E-state index contributed by atoms with van der Waals surface area (Å²) in [5, 5.41) is 3.95. The van der Waals surface area contributed by atoms with E-state index in [0.717, 1.165) is 36.9 Å². The van der Waals surface area contributed by atoms with Gasteiger partial charge in [-0.3, -0.25) is 19.5 Å². The summed E-state index contributed by atoms with van der Waals surface area (Å²) in [6, 6.07) is 16.1. The molecule has 0 radical (unpaired) electrons. The third-order valence-electron chi connectivity index (χ3n) is 7.30. The maximum Gasteiger partial charge on any atom is 0.316 e. The van der Waals surface area contributed by atoms with Gasteiger partial charge in [-0.25, -0.2) is 4.39 Å². The minimum absolute atomic E-state index is 0.0323. The van der Waals surface area contributed by atoms with Gasteiger partial charge < -0.3 is 30.0 Å². The van der Waals surface area contributed by atoms with Crippen LogP contribution in [0.25, 0.3) is 10.9 Å². The number of ether oxygens (including phenoxy) is 4. The van der Waals surface area contributed by atoms with Crippen molar-refractivity contribution in [1.29, 1.82) is 0 Å². The fraction of sp³-hybridized carbons (Fsp3) is 0.281. The molecule has 3 N–H and O–H groups in total. The Morgan fingerprint density at radius 2 is 1.79 bits per heavy atom. The lowest BCUT2D eigenvalue weighted by molar-refractivity contribution is -0.135. The van der Waals surface area contributed by atoms with Crippen molar-refractivity contribution in [3.63, 3.8) is 0 Å². The number of amides is 2. The van der Waals surface area contributed by atoms with Crippen molar-refractivity contribution in [2.75, 3.05) is 38.8 Å². The van der Waals surface area contributed by atoms with Gasteiger partial charge in [0, 0.05) is 29.4 Å². The molecule has 1 aliphatic rings. The quantitative estimate of drug-likeness (QED) is 0.258. The maximum atomic E-state index is 15.4. The summed E-state index contributed by atoms with van der Waals surface area (Å²) in [5.74, 6) is -0.529. The molecule has 3 aromatic carbocycles. The number of primary amides is 1. The van der Waals surface area contributed by atoms with E-state index in [4.69, 9.17) is 24.7 Å². The molecule has 43 heavy (non-hydrogen) atoms. The number of nitrogens with zero attached hydrogens (tertiary/aromatic N) is 2. The average molecular weight is 589 g/mol. The van der Waals surface area contributed by atoms with Crippen LogP contribution in [0, 0.1) is 11.7 Å². The Hall–Kier alpha value is -4.90. The number of benzene rings is 3. The predicted octanol–water partition coefficient (Wildman–Crippen LogP) is 4.58. The van der Waals surface area contributed by atoms with Crippen LogP contribution in [-0.4, -0.2) is 50.7 Å². The Bertz CT molecular complexity index is 1630. The second-order valence-corrected chi connectivity index (χ2v) is 10.2. The third-order valence-corrected chi connectivity index (χ3v) is 7.30. The van der Waals surface area contributed by atoms with E-state index in [-0.39, 0.29) is 18.0 Å². The van der Waals surface area contributed by atoms with Crippen LogP contribution in [0.3, 0.4) is 0 Å². The van der Waals surface area contributed by atoms with Crippen LogP contribution >= 0.6 is 0 Å². The number of halogens is 1. The Morgan fingerprint density at radius 3 is 2.51 bits per heavy atom. The minimum atomic E-state index is -1.17. The number of hydrogen-bond donors (Lipinski definition) is 2. The van der Waals surface area contributed by atoms with E-state index >= 15 is 4.39 Å². The lowest BCUT2D eigenvalue weighted by atomic mass is 9.99. The van der Waals surface area contributed by atoms with E-state index in [0.29, 0.717) is 52.0 Å². The number of nitrogens with one attached hydrogen (secondary N) is 1. The first-order chi connectivity index (χ1) is 20.9. The summed E-state index contributed by atoms with van der Waals surface area (Å²) >= 11 is 0.